The number of ketones is 1. The van der Waals surface area contributed by atoms with Gasteiger partial charge in [0, 0.05) is 23.8 Å². The van der Waals surface area contributed by atoms with Crippen LogP contribution in [0.25, 0.3) is 0 Å². The first-order chi connectivity index (χ1) is 11.0. The number of carbonyl (C=O) groups is 2. The molecule has 0 bridgehead atoms. The summed E-state index contributed by atoms with van der Waals surface area (Å²) < 4.78 is 5.47. The first-order valence-electron chi connectivity index (χ1n) is 8.45. The van der Waals surface area contributed by atoms with E-state index in [0.29, 0.717) is 6.54 Å². The largest absolute Gasteiger partial charge is 0.457 e. The molecule has 24 heavy (non-hydrogen) atoms. The molecule has 2 heterocycles. The zero-order chi connectivity index (χ0) is 18.1. The lowest BCUT2D eigenvalue weighted by atomic mass is 9.93. The van der Waals surface area contributed by atoms with Crippen LogP contribution in [0.2, 0.25) is 0 Å². The molecule has 0 N–H and O–H groups in total. The molecule has 1 aliphatic rings. The molecule has 134 valence electrons. The predicted octanol–water partition coefficient (Wildman–Crippen LogP) is 2.97. The van der Waals surface area contributed by atoms with Gasteiger partial charge in [-0.05, 0) is 20.4 Å². The highest BCUT2D eigenvalue weighted by molar-refractivity contribution is 7.09. The summed E-state index contributed by atoms with van der Waals surface area (Å²) in [5.74, 6) is -0.263. The van der Waals surface area contributed by atoms with Gasteiger partial charge >= 0.3 is 5.97 Å². The minimum Gasteiger partial charge on any atom is -0.457 e. The summed E-state index contributed by atoms with van der Waals surface area (Å²) in [6.45, 7) is 13.5. The zero-order valence-corrected chi connectivity index (χ0v) is 16.3. The number of rotatable bonds is 5. The molecule has 0 radical (unpaired) electrons. The van der Waals surface area contributed by atoms with Gasteiger partial charge in [0.15, 0.2) is 0 Å². The highest BCUT2D eigenvalue weighted by Crippen LogP contribution is 2.26. The van der Waals surface area contributed by atoms with E-state index in [1.807, 2.05) is 31.1 Å². The van der Waals surface area contributed by atoms with Crippen molar-refractivity contribution in [1.82, 2.24) is 9.88 Å². The van der Waals surface area contributed by atoms with Gasteiger partial charge in [0.2, 0.25) is 0 Å². The first-order valence-corrected chi connectivity index (χ1v) is 9.33. The summed E-state index contributed by atoms with van der Waals surface area (Å²) in [7, 11) is 0. The molecule has 1 aromatic rings. The minimum atomic E-state index is -0.496. The third-order valence-corrected chi connectivity index (χ3v) is 5.02. The third kappa shape index (κ3) is 4.63. The summed E-state index contributed by atoms with van der Waals surface area (Å²) in [6.07, 6.45) is 0.471. The van der Waals surface area contributed by atoms with Gasteiger partial charge < -0.3 is 4.74 Å². The summed E-state index contributed by atoms with van der Waals surface area (Å²) in [4.78, 5) is 31.3. The first kappa shape index (κ1) is 19.1. The number of esters is 1. The van der Waals surface area contributed by atoms with Gasteiger partial charge in [-0.25, -0.2) is 4.98 Å². The van der Waals surface area contributed by atoms with Crippen molar-refractivity contribution in [2.24, 2.45) is 0 Å². The van der Waals surface area contributed by atoms with E-state index < -0.39 is 11.6 Å². The van der Waals surface area contributed by atoms with Crippen molar-refractivity contribution in [1.29, 1.82) is 0 Å². The summed E-state index contributed by atoms with van der Waals surface area (Å²) in [5.41, 5.74) is 0.489. The van der Waals surface area contributed by atoms with Crippen LogP contribution in [0.5, 0.6) is 0 Å². The Morgan fingerprint density at radius 3 is 2.67 bits per heavy atom. The highest BCUT2D eigenvalue weighted by Gasteiger charge is 2.40. The van der Waals surface area contributed by atoms with Crippen LogP contribution >= 0.6 is 11.3 Å². The lowest BCUT2D eigenvalue weighted by Crippen LogP contribution is -2.57. The van der Waals surface area contributed by atoms with Gasteiger partial charge in [0.05, 0.1) is 12.1 Å². The zero-order valence-electron chi connectivity index (χ0n) is 15.5. The number of aromatic nitrogens is 1. The number of thiazole rings is 1. The standard InChI is InChI=1S/C18H28N2O3S/c1-7-20-11-18(5,6)23-16(22)13(20)8-12(21)9-15-19-14(10-24-15)17(2,3)4/h10,13H,7-9,11H2,1-6H3. The average Bonchev–Trinajstić information content (AvgIpc) is 2.89. The van der Waals surface area contributed by atoms with Crippen LogP contribution in [-0.2, 0) is 26.2 Å². The smallest absolute Gasteiger partial charge is 0.324 e. The van der Waals surface area contributed by atoms with Gasteiger partial charge in [-0.2, -0.15) is 0 Å². The van der Waals surface area contributed by atoms with E-state index in [-0.39, 0.29) is 30.0 Å². The summed E-state index contributed by atoms with van der Waals surface area (Å²) in [6, 6.07) is -0.474. The topological polar surface area (TPSA) is 59.5 Å². The Morgan fingerprint density at radius 2 is 2.12 bits per heavy atom. The normalized spacial score (nSPS) is 21.6. The Labute approximate surface area is 148 Å². The Balaban J connectivity index is 2.01. The van der Waals surface area contributed by atoms with E-state index in [1.165, 1.54) is 11.3 Å². The quantitative estimate of drug-likeness (QED) is 0.763. The maximum atomic E-state index is 12.4. The van der Waals surface area contributed by atoms with Gasteiger partial charge in [0.1, 0.15) is 22.4 Å². The van der Waals surface area contributed by atoms with Crippen LogP contribution in [-0.4, -0.2) is 46.4 Å². The fourth-order valence-corrected chi connectivity index (χ4v) is 3.91. The molecule has 1 unspecified atom stereocenters. The van der Waals surface area contributed by atoms with Crippen LogP contribution in [0.4, 0.5) is 0 Å². The predicted molar refractivity (Wildman–Crippen MR) is 95.3 cm³/mol. The molecular weight excluding hydrogens is 324 g/mol. The maximum Gasteiger partial charge on any atom is 0.324 e. The molecule has 0 saturated carbocycles. The number of likely N-dealkylation sites (N-methyl/N-ethyl adjacent to an activating group) is 1. The number of hydrogen-bond donors (Lipinski definition) is 0. The van der Waals surface area contributed by atoms with Crippen LogP contribution in [0.1, 0.15) is 58.7 Å². The number of hydrogen-bond acceptors (Lipinski definition) is 6. The van der Waals surface area contributed by atoms with Gasteiger partial charge in [0.25, 0.3) is 0 Å². The van der Waals surface area contributed by atoms with E-state index in [2.05, 4.69) is 25.8 Å². The molecule has 2 rings (SSSR count). The highest BCUT2D eigenvalue weighted by atomic mass is 32.1. The second-order valence-corrected chi connectivity index (χ2v) is 9.00. The average molecular weight is 353 g/mol. The molecule has 5 nitrogen and oxygen atoms in total. The molecule has 0 spiro atoms. The Hall–Kier alpha value is -1.27. The van der Waals surface area contributed by atoms with E-state index in [0.717, 1.165) is 17.2 Å². The van der Waals surface area contributed by atoms with Gasteiger partial charge in [-0.15, -0.1) is 11.3 Å². The van der Waals surface area contributed by atoms with Gasteiger partial charge in [-0.3, -0.25) is 14.5 Å². The van der Waals surface area contributed by atoms with E-state index in [1.54, 1.807) is 0 Å². The SMILES string of the molecule is CCN1CC(C)(C)OC(=O)C1CC(=O)Cc1nc(C(C)(C)C)cs1. The summed E-state index contributed by atoms with van der Waals surface area (Å²) in [5, 5.41) is 2.83. The van der Waals surface area contributed by atoms with Crippen LogP contribution in [0.3, 0.4) is 0 Å². The Morgan fingerprint density at radius 1 is 1.46 bits per heavy atom. The second-order valence-electron chi connectivity index (χ2n) is 8.06. The number of carbonyl (C=O) groups excluding carboxylic acids is 2. The van der Waals surface area contributed by atoms with Crippen molar-refractivity contribution < 1.29 is 14.3 Å². The molecule has 1 atom stereocenters. The minimum absolute atomic E-state index is 0.0183. The monoisotopic (exact) mass is 352 g/mol. The molecule has 0 amide bonds. The van der Waals surface area contributed by atoms with Crippen LogP contribution in [0.15, 0.2) is 5.38 Å². The number of morpholine rings is 1. The molecule has 1 aromatic heterocycles. The third-order valence-electron chi connectivity index (χ3n) is 4.17. The van der Waals surface area contributed by atoms with E-state index >= 15 is 0 Å². The van der Waals surface area contributed by atoms with Crippen molar-refractivity contribution >= 4 is 23.1 Å². The van der Waals surface area contributed by atoms with E-state index in [9.17, 15) is 9.59 Å². The molecular formula is C18H28N2O3S. The van der Waals surface area contributed by atoms with Crippen molar-refractivity contribution in [2.45, 2.75) is 71.4 Å². The Kier molecular flexibility index (Phi) is 5.50. The lowest BCUT2D eigenvalue weighted by Gasteiger charge is -2.41. The maximum absolute atomic E-state index is 12.4. The van der Waals surface area contributed by atoms with Crippen LogP contribution in [0, 0.1) is 0 Å². The van der Waals surface area contributed by atoms with Crippen molar-refractivity contribution in [2.75, 3.05) is 13.1 Å². The Bertz CT molecular complexity index is 616. The number of cyclic esters (lactones) is 1. The molecule has 1 aliphatic heterocycles. The fourth-order valence-electron chi connectivity index (χ4n) is 2.86. The number of ether oxygens (including phenoxy) is 1. The molecule has 0 aliphatic carbocycles. The van der Waals surface area contributed by atoms with Crippen LogP contribution < -0.4 is 0 Å². The van der Waals surface area contributed by atoms with Crippen molar-refractivity contribution in [3.8, 4) is 0 Å². The lowest BCUT2D eigenvalue weighted by molar-refractivity contribution is -0.178. The molecule has 1 saturated heterocycles. The molecule has 0 aromatic carbocycles. The number of Topliss-reactive ketones (excluding diaryl/α,β-unsaturated/α-hetero) is 1. The second kappa shape index (κ2) is 6.92. The van der Waals surface area contributed by atoms with Crippen molar-refractivity contribution in [3.63, 3.8) is 0 Å². The molecule has 6 heteroatoms. The fraction of sp³-hybridized carbons (Fsp3) is 0.722. The molecule has 1 fully saturated rings. The number of nitrogens with zero attached hydrogens (tertiary/aromatic N) is 2. The van der Waals surface area contributed by atoms with Gasteiger partial charge in [-0.1, -0.05) is 27.7 Å². The summed E-state index contributed by atoms with van der Waals surface area (Å²) >= 11 is 1.51. The van der Waals surface area contributed by atoms with Crippen molar-refractivity contribution in [3.05, 3.63) is 16.1 Å². The van der Waals surface area contributed by atoms with E-state index in [4.69, 9.17) is 4.74 Å².